The molecule has 4 rings (SSSR count). The summed E-state index contributed by atoms with van der Waals surface area (Å²) in [7, 11) is 0. The van der Waals surface area contributed by atoms with Crippen molar-refractivity contribution in [3.05, 3.63) is 65.2 Å². The summed E-state index contributed by atoms with van der Waals surface area (Å²) in [6.45, 7) is 5.83. The summed E-state index contributed by atoms with van der Waals surface area (Å²) < 4.78 is 11.3. The molecule has 7 heteroatoms. The number of piperidine rings is 1. The zero-order valence-corrected chi connectivity index (χ0v) is 20.7. The highest BCUT2D eigenvalue weighted by Gasteiger charge is 2.66. The van der Waals surface area contributed by atoms with Crippen LogP contribution in [0.2, 0.25) is 0 Å². The van der Waals surface area contributed by atoms with Crippen LogP contribution in [0, 0.1) is 6.92 Å². The maximum atomic E-state index is 13.8. The van der Waals surface area contributed by atoms with Gasteiger partial charge in [-0.05, 0) is 50.3 Å². The van der Waals surface area contributed by atoms with Gasteiger partial charge in [0, 0.05) is 12.8 Å². The molecule has 1 saturated carbocycles. The fraction of sp³-hybridized carbons (Fsp3) is 0.464. The van der Waals surface area contributed by atoms with E-state index >= 15 is 0 Å². The van der Waals surface area contributed by atoms with Crippen LogP contribution in [0.25, 0.3) is 0 Å². The first-order valence-electron chi connectivity index (χ1n) is 12.5. The van der Waals surface area contributed by atoms with Gasteiger partial charge in [0.1, 0.15) is 6.61 Å². The third kappa shape index (κ3) is 5.25. The van der Waals surface area contributed by atoms with Crippen molar-refractivity contribution in [1.29, 1.82) is 0 Å². The summed E-state index contributed by atoms with van der Waals surface area (Å²) in [5, 5.41) is 3.07. The van der Waals surface area contributed by atoms with Crippen molar-refractivity contribution in [3.63, 3.8) is 0 Å². The molecule has 1 amide bonds. The molecule has 1 N–H and O–H groups in total. The molecule has 2 fully saturated rings. The Labute approximate surface area is 207 Å². The van der Waals surface area contributed by atoms with Crippen LogP contribution in [0.5, 0.6) is 0 Å². The van der Waals surface area contributed by atoms with Gasteiger partial charge in [-0.1, -0.05) is 42.5 Å². The first-order valence-corrected chi connectivity index (χ1v) is 12.5. The number of amides is 1. The molecule has 1 aliphatic carbocycles. The van der Waals surface area contributed by atoms with Gasteiger partial charge in [-0.15, -0.1) is 0 Å². The van der Waals surface area contributed by atoms with E-state index in [0.717, 1.165) is 43.5 Å². The summed E-state index contributed by atoms with van der Waals surface area (Å²) in [4.78, 5) is 39.3. The Morgan fingerprint density at radius 3 is 2.31 bits per heavy atom. The van der Waals surface area contributed by atoms with E-state index in [4.69, 9.17) is 9.47 Å². The molecule has 1 saturated heterocycles. The topological polar surface area (TPSA) is 81.7 Å². The summed E-state index contributed by atoms with van der Waals surface area (Å²) in [6, 6.07) is 14.9. The van der Waals surface area contributed by atoms with Gasteiger partial charge < -0.3 is 19.3 Å². The summed E-state index contributed by atoms with van der Waals surface area (Å²) in [6.07, 6.45) is 4.47. The number of nitrogens with zero attached hydrogens (tertiary/aromatic N) is 1. The molecule has 1 heterocycles. The number of para-hydroxylation sites is 1. The lowest BCUT2D eigenvalue weighted by Gasteiger charge is -2.46. The first-order chi connectivity index (χ1) is 16.9. The normalized spacial score (nSPS) is 17.8. The zero-order chi connectivity index (χ0) is 24.9. The van der Waals surface area contributed by atoms with Crippen molar-refractivity contribution in [3.8, 4) is 0 Å². The van der Waals surface area contributed by atoms with E-state index in [9.17, 15) is 14.4 Å². The standard InChI is InChI=1S/C28H34N2O5/c1-3-34-26(32)23-14-10-11-21(2)25(23)29-27(33)28(15-16-28)30(17-8-5-9-18-30)19-24(31)35-20-22-12-6-4-7-13-22/h4,6-7,10-14H,3,5,8-9,15-20H2,1-2H3/p+1. The van der Waals surface area contributed by atoms with Gasteiger partial charge in [-0.2, -0.15) is 0 Å². The number of esters is 2. The summed E-state index contributed by atoms with van der Waals surface area (Å²) in [5.41, 5.74) is 1.90. The van der Waals surface area contributed by atoms with Gasteiger partial charge in [0.05, 0.1) is 30.9 Å². The van der Waals surface area contributed by atoms with E-state index in [-0.39, 0.29) is 31.6 Å². The number of rotatable bonds is 9. The molecule has 0 aromatic heterocycles. The molecule has 1 aliphatic heterocycles. The Balaban J connectivity index is 1.54. The summed E-state index contributed by atoms with van der Waals surface area (Å²) >= 11 is 0. The molecular weight excluding hydrogens is 444 g/mol. The number of anilines is 1. The van der Waals surface area contributed by atoms with Crippen molar-refractivity contribution in [2.24, 2.45) is 0 Å². The molecule has 7 nitrogen and oxygen atoms in total. The van der Waals surface area contributed by atoms with Crippen LogP contribution in [0.4, 0.5) is 5.69 Å². The third-order valence-electron chi connectivity index (χ3n) is 7.41. The molecule has 0 unspecified atom stereocenters. The van der Waals surface area contributed by atoms with E-state index in [2.05, 4.69) is 5.32 Å². The van der Waals surface area contributed by atoms with Crippen molar-refractivity contribution < 1.29 is 28.3 Å². The van der Waals surface area contributed by atoms with Crippen molar-refractivity contribution in [2.75, 3.05) is 31.6 Å². The second-order valence-electron chi connectivity index (χ2n) is 9.66. The predicted octanol–water partition coefficient (Wildman–Crippen LogP) is 4.39. The van der Waals surface area contributed by atoms with E-state index in [1.165, 1.54) is 0 Å². The molecule has 186 valence electrons. The monoisotopic (exact) mass is 479 g/mol. The lowest BCUT2D eigenvalue weighted by Crippen LogP contribution is -2.66. The molecule has 0 bridgehead atoms. The van der Waals surface area contributed by atoms with E-state index in [1.54, 1.807) is 19.1 Å². The molecule has 0 radical (unpaired) electrons. The van der Waals surface area contributed by atoms with Gasteiger partial charge in [0.2, 0.25) is 0 Å². The number of hydrogen-bond acceptors (Lipinski definition) is 5. The second-order valence-corrected chi connectivity index (χ2v) is 9.66. The van der Waals surface area contributed by atoms with Crippen LogP contribution >= 0.6 is 0 Å². The van der Waals surface area contributed by atoms with Gasteiger partial charge in [0.25, 0.3) is 5.91 Å². The Kier molecular flexibility index (Phi) is 7.55. The van der Waals surface area contributed by atoms with Gasteiger partial charge >= 0.3 is 11.9 Å². The maximum Gasteiger partial charge on any atom is 0.362 e. The summed E-state index contributed by atoms with van der Waals surface area (Å²) in [5.74, 6) is -0.865. The molecular formula is C28H35N2O5+. The smallest absolute Gasteiger partial charge is 0.362 e. The van der Waals surface area contributed by atoms with Crippen molar-refractivity contribution in [1.82, 2.24) is 0 Å². The van der Waals surface area contributed by atoms with E-state index in [1.807, 2.05) is 43.3 Å². The molecule has 2 aliphatic rings. The van der Waals surface area contributed by atoms with E-state index in [0.29, 0.717) is 28.6 Å². The lowest BCUT2D eigenvalue weighted by atomic mass is 9.99. The average Bonchev–Trinajstić information content (AvgIpc) is 3.68. The Bertz CT molecular complexity index is 1070. The first kappa shape index (κ1) is 24.9. The van der Waals surface area contributed by atoms with Crippen LogP contribution in [-0.4, -0.2) is 54.1 Å². The lowest BCUT2D eigenvalue weighted by molar-refractivity contribution is -0.950. The zero-order valence-electron chi connectivity index (χ0n) is 20.7. The highest BCUT2D eigenvalue weighted by atomic mass is 16.5. The van der Waals surface area contributed by atoms with Crippen LogP contribution in [0.3, 0.4) is 0 Å². The van der Waals surface area contributed by atoms with Gasteiger partial charge in [-0.25, -0.2) is 9.59 Å². The largest absolute Gasteiger partial charge is 0.462 e. The van der Waals surface area contributed by atoms with Gasteiger partial charge in [0.15, 0.2) is 12.1 Å². The van der Waals surface area contributed by atoms with Crippen LogP contribution < -0.4 is 5.32 Å². The fourth-order valence-corrected chi connectivity index (χ4v) is 5.36. The second kappa shape index (κ2) is 10.6. The third-order valence-corrected chi connectivity index (χ3v) is 7.41. The van der Waals surface area contributed by atoms with Crippen LogP contribution in [0.1, 0.15) is 60.5 Å². The molecule has 2 aromatic carbocycles. The Morgan fingerprint density at radius 2 is 1.66 bits per heavy atom. The maximum absolute atomic E-state index is 13.8. The highest BCUT2D eigenvalue weighted by molar-refractivity contribution is 6.05. The minimum atomic E-state index is -0.680. The molecule has 0 atom stereocenters. The minimum Gasteiger partial charge on any atom is -0.462 e. The predicted molar refractivity (Wildman–Crippen MR) is 133 cm³/mol. The number of benzene rings is 2. The van der Waals surface area contributed by atoms with Gasteiger partial charge in [-0.3, -0.25) is 4.79 Å². The number of carbonyl (C=O) groups is 3. The number of carbonyl (C=O) groups excluding carboxylic acids is 3. The Morgan fingerprint density at radius 1 is 0.943 bits per heavy atom. The SMILES string of the molecule is CCOC(=O)c1cccc(C)c1NC(=O)C1([N+]2(CC(=O)OCc3ccccc3)CCCCC2)CC1. The van der Waals surface area contributed by atoms with E-state index < -0.39 is 11.5 Å². The number of likely N-dealkylation sites (tertiary alicyclic amines) is 1. The van der Waals surface area contributed by atoms with Crippen LogP contribution in [-0.2, 0) is 25.7 Å². The average molecular weight is 480 g/mol. The Hall–Kier alpha value is -3.19. The number of nitrogens with one attached hydrogen (secondary N) is 1. The molecule has 35 heavy (non-hydrogen) atoms. The number of aryl methyl sites for hydroxylation is 1. The molecule has 0 spiro atoms. The van der Waals surface area contributed by atoms with Crippen LogP contribution in [0.15, 0.2) is 48.5 Å². The molecule has 2 aromatic rings. The fourth-order valence-electron chi connectivity index (χ4n) is 5.36. The number of hydrogen-bond donors (Lipinski definition) is 1. The minimum absolute atomic E-state index is 0.130. The van der Waals surface area contributed by atoms with Crippen molar-refractivity contribution in [2.45, 2.75) is 58.1 Å². The number of ether oxygens (including phenoxy) is 2. The quantitative estimate of drug-likeness (QED) is 0.426. The number of quaternary nitrogens is 1. The van der Waals surface area contributed by atoms with Crippen molar-refractivity contribution >= 4 is 23.5 Å². The highest BCUT2D eigenvalue weighted by Crippen LogP contribution is 2.50.